The van der Waals surface area contributed by atoms with Crippen LogP contribution in [0.4, 0.5) is 0 Å². The third-order valence-corrected chi connectivity index (χ3v) is 10.3. The Morgan fingerprint density at radius 2 is 1.92 bits per heavy atom. The first-order chi connectivity index (χ1) is 17.7. The first kappa shape index (κ1) is 23.1. The summed E-state index contributed by atoms with van der Waals surface area (Å²) < 4.78 is 13.0. The van der Waals surface area contributed by atoms with Gasteiger partial charge in [0.05, 0.1) is 24.4 Å². The number of morpholine rings is 1. The van der Waals surface area contributed by atoms with E-state index in [0.29, 0.717) is 17.9 Å². The molecule has 4 heteroatoms. The van der Waals surface area contributed by atoms with Gasteiger partial charge >= 0.3 is 0 Å². The van der Waals surface area contributed by atoms with Crippen LogP contribution >= 0.6 is 0 Å². The molecule has 1 saturated carbocycles. The first-order valence-corrected chi connectivity index (χ1v) is 14.4. The quantitative estimate of drug-likeness (QED) is 0.483. The Balaban J connectivity index is 1.15. The number of allylic oxidation sites excluding steroid dienone is 1. The van der Waals surface area contributed by atoms with Crippen molar-refractivity contribution < 1.29 is 9.47 Å². The number of rotatable bonds is 2. The van der Waals surface area contributed by atoms with E-state index in [1.807, 2.05) is 12.4 Å². The van der Waals surface area contributed by atoms with Crippen LogP contribution in [0.25, 0.3) is 10.8 Å². The highest BCUT2D eigenvalue weighted by Crippen LogP contribution is 2.59. The molecule has 2 aliphatic carbocycles. The van der Waals surface area contributed by atoms with Crippen molar-refractivity contribution in [3.8, 4) is 0 Å². The lowest BCUT2D eigenvalue weighted by Gasteiger charge is -2.50. The molecule has 2 spiro atoms. The summed E-state index contributed by atoms with van der Waals surface area (Å²) in [6.45, 7) is 6.41. The Labute approximate surface area is 215 Å². The summed E-state index contributed by atoms with van der Waals surface area (Å²) >= 11 is 0. The molecule has 190 valence electrons. The van der Waals surface area contributed by atoms with E-state index in [4.69, 9.17) is 9.47 Å². The molecule has 2 bridgehead atoms. The SMILES string of the molecule is CC1CCC(c2ccc3ccncc3c2)CCC=C2C=C3CCC(N4CCOCC4)CC34CCC21O4. The zero-order valence-electron chi connectivity index (χ0n) is 21.8. The van der Waals surface area contributed by atoms with E-state index in [9.17, 15) is 0 Å². The lowest BCUT2D eigenvalue weighted by atomic mass is 9.73. The van der Waals surface area contributed by atoms with Crippen molar-refractivity contribution in [1.29, 1.82) is 0 Å². The van der Waals surface area contributed by atoms with Crippen molar-refractivity contribution in [2.24, 2.45) is 5.92 Å². The Morgan fingerprint density at radius 1 is 1.00 bits per heavy atom. The molecule has 3 aliphatic heterocycles. The topological polar surface area (TPSA) is 34.6 Å². The molecule has 2 aromatic rings. The van der Waals surface area contributed by atoms with Gasteiger partial charge in [0.15, 0.2) is 0 Å². The lowest BCUT2D eigenvalue weighted by Crippen LogP contribution is -2.53. The zero-order chi connectivity index (χ0) is 24.2. The molecule has 5 unspecified atom stereocenters. The maximum atomic E-state index is 7.40. The Hall–Kier alpha value is -2.01. The summed E-state index contributed by atoms with van der Waals surface area (Å²) in [5, 5.41) is 2.55. The Bertz CT molecular complexity index is 1200. The zero-order valence-corrected chi connectivity index (χ0v) is 21.8. The molecule has 2 saturated heterocycles. The number of fused-ring (bicyclic) bond motifs is 1. The lowest BCUT2D eigenvalue weighted by molar-refractivity contribution is -0.121. The molecule has 36 heavy (non-hydrogen) atoms. The molecular formula is C32H40N2O2. The second-order valence-corrected chi connectivity index (χ2v) is 12.1. The van der Waals surface area contributed by atoms with Gasteiger partial charge < -0.3 is 9.47 Å². The van der Waals surface area contributed by atoms with Gasteiger partial charge in [-0.1, -0.05) is 31.2 Å². The summed E-state index contributed by atoms with van der Waals surface area (Å²) in [6, 6.07) is 9.78. The predicted octanol–water partition coefficient (Wildman–Crippen LogP) is 6.57. The van der Waals surface area contributed by atoms with Crippen LogP contribution in [0, 0.1) is 5.92 Å². The summed E-state index contributed by atoms with van der Waals surface area (Å²) in [5.41, 5.74) is 4.47. The van der Waals surface area contributed by atoms with Gasteiger partial charge in [-0.05, 0) is 104 Å². The number of benzene rings is 1. The third kappa shape index (κ3) is 3.79. The molecule has 3 fully saturated rings. The van der Waals surface area contributed by atoms with Crippen LogP contribution < -0.4 is 0 Å². The fourth-order valence-corrected chi connectivity index (χ4v) is 8.17. The Morgan fingerprint density at radius 3 is 2.83 bits per heavy atom. The number of hydrogen-bond acceptors (Lipinski definition) is 4. The fourth-order valence-electron chi connectivity index (χ4n) is 8.17. The van der Waals surface area contributed by atoms with E-state index < -0.39 is 0 Å². The average molecular weight is 485 g/mol. The van der Waals surface area contributed by atoms with E-state index in [2.05, 4.69) is 53.2 Å². The summed E-state index contributed by atoms with van der Waals surface area (Å²) in [6.07, 6.45) is 19.9. The highest BCUT2D eigenvalue weighted by molar-refractivity contribution is 5.82. The van der Waals surface area contributed by atoms with Gasteiger partial charge in [0.2, 0.25) is 0 Å². The molecule has 5 aliphatic rings. The van der Waals surface area contributed by atoms with E-state index in [1.54, 1.807) is 5.57 Å². The normalized spacial score (nSPS) is 37.2. The second kappa shape index (κ2) is 9.08. The van der Waals surface area contributed by atoms with Gasteiger partial charge in [-0.15, -0.1) is 0 Å². The Kier molecular flexibility index (Phi) is 5.83. The molecule has 5 atom stereocenters. The van der Waals surface area contributed by atoms with E-state index in [-0.39, 0.29) is 11.2 Å². The number of hydrogen-bond donors (Lipinski definition) is 0. The van der Waals surface area contributed by atoms with Crippen LogP contribution in [-0.2, 0) is 9.47 Å². The van der Waals surface area contributed by atoms with Gasteiger partial charge in [0.25, 0.3) is 0 Å². The number of nitrogens with zero attached hydrogens (tertiary/aromatic N) is 2. The average Bonchev–Trinajstić information content (AvgIpc) is 3.27. The first-order valence-electron chi connectivity index (χ1n) is 14.4. The summed E-state index contributed by atoms with van der Waals surface area (Å²) in [4.78, 5) is 7.05. The van der Waals surface area contributed by atoms with Crippen molar-refractivity contribution in [2.75, 3.05) is 26.3 Å². The fraction of sp³-hybridized carbons (Fsp3) is 0.594. The molecule has 1 aromatic carbocycles. The van der Waals surface area contributed by atoms with Crippen LogP contribution in [0.5, 0.6) is 0 Å². The van der Waals surface area contributed by atoms with Crippen LogP contribution in [-0.4, -0.2) is 53.4 Å². The van der Waals surface area contributed by atoms with Crippen LogP contribution in [0.2, 0.25) is 0 Å². The van der Waals surface area contributed by atoms with Crippen LogP contribution in [0.15, 0.2) is 60.0 Å². The van der Waals surface area contributed by atoms with Crippen molar-refractivity contribution in [3.05, 3.63) is 65.5 Å². The van der Waals surface area contributed by atoms with Crippen molar-refractivity contribution >= 4 is 10.8 Å². The van der Waals surface area contributed by atoms with Gasteiger partial charge in [0, 0.05) is 36.9 Å². The van der Waals surface area contributed by atoms with Crippen LogP contribution in [0.3, 0.4) is 0 Å². The molecule has 0 N–H and O–H groups in total. The van der Waals surface area contributed by atoms with E-state index >= 15 is 0 Å². The van der Waals surface area contributed by atoms with Gasteiger partial charge in [0.1, 0.15) is 0 Å². The highest BCUT2D eigenvalue weighted by atomic mass is 16.5. The smallest absolute Gasteiger partial charge is 0.0966 e. The van der Waals surface area contributed by atoms with Gasteiger partial charge in [-0.3, -0.25) is 9.88 Å². The minimum atomic E-state index is -0.0847. The standard InChI is InChI=1S/C32H40N2O2/c1-23-5-6-24(26-8-7-25-11-14-33-22-27(25)19-26)3-2-4-29-20-28-9-10-30(34-15-17-35-18-16-34)21-31(28)12-13-32(23,29)36-31/h4,7-8,11,14,19-20,22-24,30H,2-3,5-6,9-10,12-13,15-18,21H2,1H3. The van der Waals surface area contributed by atoms with Gasteiger partial charge in [-0.2, -0.15) is 0 Å². The molecular weight excluding hydrogens is 444 g/mol. The molecule has 4 heterocycles. The molecule has 0 radical (unpaired) electrons. The van der Waals surface area contributed by atoms with Crippen LogP contribution in [0.1, 0.15) is 76.2 Å². The maximum Gasteiger partial charge on any atom is 0.0966 e. The minimum Gasteiger partial charge on any atom is -0.379 e. The van der Waals surface area contributed by atoms with E-state index in [1.165, 1.54) is 73.3 Å². The number of pyridine rings is 1. The number of ether oxygens (including phenoxy) is 2. The van der Waals surface area contributed by atoms with Crippen molar-refractivity contribution in [3.63, 3.8) is 0 Å². The molecule has 0 amide bonds. The molecule has 4 nitrogen and oxygen atoms in total. The van der Waals surface area contributed by atoms with E-state index in [0.717, 1.165) is 32.7 Å². The predicted molar refractivity (Wildman–Crippen MR) is 144 cm³/mol. The largest absolute Gasteiger partial charge is 0.379 e. The molecule has 1 aromatic heterocycles. The van der Waals surface area contributed by atoms with Gasteiger partial charge in [-0.25, -0.2) is 0 Å². The minimum absolute atomic E-state index is 0.0222. The second-order valence-electron chi connectivity index (χ2n) is 12.1. The summed E-state index contributed by atoms with van der Waals surface area (Å²) in [5.74, 6) is 1.13. The monoisotopic (exact) mass is 484 g/mol. The van der Waals surface area contributed by atoms with Crippen molar-refractivity contribution in [2.45, 2.75) is 87.9 Å². The number of aromatic nitrogens is 1. The molecule has 7 rings (SSSR count). The maximum absolute atomic E-state index is 7.40. The third-order valence-electron chi connectivity index (χ3n) is 10.3. The summed E-state index contributed by atoms with van der Waals surface area (Å²) in [7, 11) is 0. The van der Waals surface area contributed by atoms with Crippen molar-refractivity contribution in [1.82, 2.24) is 9.88 Å². The highest BCUT2D eigenvalue weighted by Gasteiger charge is 2.59.